The van der Waals surface area contributed by atoms with Crippen molar-refractivity contribution in [1.29, 1.82) is 0 Å². The molecule has 7 nitrogen and oxygen atoms in total. The molecule has 0 rings (SSSR count). The fraction of sp³-hybridized carbons (Fsp3) is 0.921. The highest BCUT2D eigenvalue weighted by atomic mass is 32.2. The van der Waals surface area contributed by atoms with Crippen molar-refractivity contribution >= 4 is 29.5 Å². The molecule has 2 atom stereocenters. The molecule has 8 heteroatoms. The zero-order valence-corrected chi connectivity index (χ0v) is 30.8. The van der Waals surface area contributed by atoms with Gasteiger partial charge >= 0.3 is 5.97 Å². The number of imide groups is 1. The molecule has 0 spiro atoms. The third-order valence-corrected chi connectivity index (χ3v) is 10.1. The lowest BCUT2D eigenvalue weighted by molar-refractivity contribution is -0.157. The summed E-state index contributed by atoms with van der Waals surface area (Å²) in [4.78, 5) is 39.7. The van der Waals surface area contributed by atoms with Gasteiger partial charge in [0.05, 0.1) is 12.7 Å². The first kappa shape index (κ1) is 44.9. The van der Waals surface area contributed by atoms with Gasteiger partial charge in [-0.1, -0.05) is 168 Å². The Kier molecular flexibility index (Phi) is 32.9. The Morgan fingerprint density at radius 2 is 0.826 bits per heavy atom. The van der Waals surface area contributed by atoms with Crippen molar-refractivity contribution in [2.24, 2.45) is 0 Å². The van der Waals surface area contributed by atoms with Crippen molar-refractivity contribution in [2.45, 2.75) is 206 Å². The van der Waals surface area contributed by atoms with Gasteiger partial charge in [0.25, 0.3) is 0 Å². The van der Waals surface area contributed by atoms with Crippen LogP contribution < -0.4 is 0 Å². The number of carbonyl (C=O) groups excluding carboxylic acids is 2. The minimum Gasteiger partial charge on any atom is -0.480 e. The van der Waals surface area contributed by atoms with E-state index in [1.165, 1.54) is 116 Å². The number of aliphatic hydroxyl groups is 2. The first-order valence-electron chi connectivity index (χ1n) is 19.3. The normalized spacial score (nSPS) is 12.7. The quantitative estimate of drug-likeness (QED) is 0.0575. The van der Waals surface area contributed by atoms with Gasteiger partial charge in [0.1, 0.15) is 6.04 Å². The zero-order valence-electron chi connectivity index (χ0n) is 30.0. The van der Waals surface area contributed by atoms with Crippen LogP contribution >= 0.6 is 11.8 Å². The van der Waals surface area contributed by atoms with Crippen molar-refractivity contribution in [3.05, 3.63) is 0 Å². The topological polar surface area (TPSA) is 115 Å². The van der Waals surface area contributed by atoms with Crippen LogP contribution in [0.15, 0.2) is 0 Å². The van der Waals surface area contributed by atoms with Gasteiger partial charge in [-0.25, -0.2) is 4.79 Å². The van der Waals surface area contributed by atoms with Crippen LogP contribution in [0.5, 0.6) is 0 Å². The predicted octanol–water partition coefficient (Wildman–Crippen LogP) is 9.84. The van der Waals surface area contributed by atoms with Crippen LogP contribution in [-0.4, -0.2) is 68.3 Å². The van der Waals surface area contributed by atoms with Gasteiger partial charge in [-0.15, -0.1) is 0 Å². The Morgan fingerprint density at radius 3 is 1.11 bits per heavy atom. The Hall–Kier alpha value is -1.12. The lowest BCUT2D eigenvalue weighted by Crippen LogP contribution is -2.50. The van der Waals surface area contributed by atoms with Gasteiger partial charge in [-0.3, -0.25) is 14.5 Å². The Labute approximate surface area is 287 Å². The summed E-state index contributed by atoms with van der Waals surface area (Å²) in [6.07, 6.45) is 30.5. The molecule has 0 fully saturated rings. The first-order valence-corrected chi connectivity index (χ1v) is 20.5. The average molecular weight is 672 g/mol. The minimum atomic E-state index is -1.26. The van der Waals surface area contributed by atoms with Crippen molar-refractivity contribution in [2.75, 3.05) is 18.1 Å². The first-order chi connectivity index (χ1) is 22.4. The van der Waals surface area contributed by atoms with Gasteiger partial charge in [0.15, 0.2) is 0 Å². The molecule has 272 valence electrons. The van der Waals surface area contributed by atoms with Crippen LogP contribution in [0.3, 0.4) is 0 Å². The van der Waals surface area contributed by atoms with E-state index >= 15 is 0 Å². The summed E-state index contributed by atoms with van der Waals surface area (Å²) in [7, 11) is 0. The SMILES string of the molecule is CCCCCCCCCCCCCCCC(=O)N(C(=O)CCCCCCCCCCCCCCC)[C@@H](CSCC(O)CO)C(=O)O. The molecule has 0 heterocycles. The van der Waals surface area contributed by atoms with E-state index in [1.807, 2.05) is 0 Å². The fourth-order valence-electron chi connectivity index (χ4n) is 5.94. The molecule has 2 amide bonds. The van der Waals surface area contributed by atoms with Crippen LogP contribution in [0.2, 0.25) is 0 Å². The van der Waals surface area contributed by atoms with E-state index in [0.29, 0.717) is 12.8 Å². The molecule has 0 aliphatic rings. The molecule has 0 aliphatic heterocycles. The third-order valence-electron chi connectivity index (χ3n) is 8.92. The van der Waals surface area contributed by atoms with Gasteiger partial charge in [-0.05, 0) is 12.8 Å². The molecular formula is C38H73NO6S. The molecule has 0 aromatic carbocycles. The maximum Gasteiger partial charge on any atom is 0.327 e. The summed E-state index contributed by atoms with van der Waals surface area (Å²) in [5, 5.41) is 28.7. The summed E-state index contributed by atoms with van der Waals surface area (Å²) in [6, 6.07) is -1.26. The maximum absolute atomic E-state index is 13.3. The third kappa shape index (κ3) is 26.9. The van der Waals surface area contributed by atoms with Crippen molar-refractivity contribution in [3.8, 4) is 0 Å². The Balaban J connectivity index is 4.53. The Bertz CT molecular complexity index is 679. The number of rotatable bonds is 35. The number of unbranched alkanes of at least 4 members (excludes halogenated alkanes) is 24. The number of aliphatic carboxylic acids is 1. The second-order valence-electron chi connectivity index (χ2n) is 13.4. The van der Waals surface area contributed by atoms with E-state index in [2.05, 4.69) is 13.8 Å². The summed E-state index contributed by atoms with van der Waals surface area (Å²) in [5.74, 6) is -1.87. The highest BCUT2D eigenvalue weighted by Crippen LogP contribution is 2.19. The average Bonchev–Trinajstić information content (AvgIpc) is 3.04. The number of carbonyl (C=O) groups is 3. The summed E-state index contributed by atoms with van der Waals surface area (Å²) >= 11 is 1.14. The monoisotopic (exact) mass is 672 g/mol. The maximum atomic E-state index is 13.3. The minimum absolute atomic E-state index is 0.00107. The summed E-state index contributed by atoms with van der Waals surface area (Å²) in [6.45, 7) is 4.08. The van der Waals surface area contributed by atoms with E-state index in [4.69, 9.17) is 5.11 Å². The molecule has 0 saturated heterocycles. The number of carboxylic acids is 1. The molecule has 0 radical (unpaired) electrons. The summed E-state index contributed by atoms with van der Waals surface area (Å²) in [5.41, 5.74) is 0. The molecule has 46 heavy (non-hydrogen) atoms. The second kappa shape index (κ2) is 33.8. The number of aliphatic hydroxyl groups excluding tert-OH is 2. The van der Waals surface area contributed by atoms with E-state index in [-0.39, 0.29) is 24.3 Å². The molecule has 1 unspecified atom stereocenters. The van der Waals surface area contributed by atoms with Gasteiger partial charge in [0.2, 0.25) is 11.8 Å². The number of hydrogen-bond donors (Lipinski definition) is 3. The highest BCUT2D eigenvalue weighted by Gasteiger charge is 2.34. The van der Waals surface area contributed by atoms with Crippen molar-refractivity contribution in [1.82, 2.24) is 4.90 Å². The largest absolute Gasteiger partial charge is 0.480 e. The van der Waals surface area contributed by atoms with Crippen molar-refractivity contribution < 1.29 is 29.7 Å². The number of thioether (sulfide) groups is 1. The molecular weight excluding hydrogens is 598 g/mol. The van der Waals surface area contributed by atoms with Crippen LogP contribution in [0.1, 0.15) is 194 Å². The van der Waals surface area contributed by atoms with E-state index in [9.17, 15) is 24.6 Å². The number of nitrogens with zero attached hydrogens (tertiary/aromatic N) is 1. The van der Waals surface area contributed by atoms with Gasteiger partial charge in [-0.2, -0.15) is 11.8 Å². The van der Waals surface area contributed by atoms with E-state index < -0.39 is 36.5 Å². The fourth-order valence-corrected chi connectivity index (χ4v) is 6.97. The molecule has 0 aromatic rings. The van der Waals surface area contributed by atoms with Crippen LogP contribution in [0.25, 0.3) is 0 Å². The Morgan fingerprint density at radius 1 is 0.522 bits per heavy atom. The second-order valence-corrected chi connectivity index (χ2v) is 14.4. The van der Waals surface area contributed by atoms with Gasteiger partial charge < -0.3 is 15.3 Å². The molecule has 0 aromatic heterocycles. The number of carboxylic acid groups (broad SMARTS) is 1. The van der Waals surface area contributed by atoms with E-state index in [1.54, 1.807) is 0 Å². The van der Waals surface area contributed by atoms with Crippen molar-refractivity contribution in [3.63, 3.8) is 0 Å². The lowest BCUT2D eigenvalue weighted by atomic mass is 10.0. The van der Waals surface area contributed by atoms with Gasteiger partial charge in [0, 0.05) is 24.3 Å². The lowest BCUT2D eigenvalue weighted by Gasteiger charge is -2.27. The number of hydrogen-bond acceptors (Lipinski definition) is 6. The molecule has 0 aliphatic carbocycles. The predicted molar refractivity (Wildman–Crippen MR) is 194 cm³/mol. The standard InChI is InChI=1S/C38H73NO6S/c1-3-5-7-9-11-13-15-17-19-21-23-25-27-29-36(42)39(35(38(44)45)33-46-32-34(41)31-40)37(43)30-28-26-24-22-20-18-16-14-12-10-8-6-4-2/h34-35,40-41H,3-33H2,1-2H3,(H,44,45)/t34?,35-/m0/s1. The van der Waals surface area contributed by atoms with Crippen LogP contribution in [0.4, 0.5) is 0 Å². The molecule has 0 bridgehead atoms. The number of amides is 2. The summed E-state index contributed by atoms with van der Waals surface area (Å²) < 4.78 is 0. The molecule has 0 saturated carbocycles. The smallest absolute Gasteiger partial charge is 0.327 e. The highest BCUT2D eigenvalue weighted by molar-refractivity contribution is 7.99. The van der Waals surface area contributed by atoms with E-state index in [0.717, 1.165) is 55.2 Å². The van der Waals surface area contributed by atoms with Crippen LogP contribution in [-0.2, 0) is 14.4 Å². The molecule has 3 N–H and O–H groups in total. The zero-order chi connectivity index (χ0) is 34.1. The van der Waals surface area contributed by atoms with Crippen LogP contribution in [0, 0.1) is 0 Å².